The predicted octanol–water partition coefficient (Wildman–Crippen LogP) is 1.58. The van der Waals surface area contributed by atoms with E-state index in [0.717, 1.165) is 6.07 Å². The molecule has 1 aromatic carbocycles. The first-order chi connectivity index (χ1) is 9.95. The SMILES string of the molecule is CC(=O)N1CCN(CC(=O)Nc2ccc(Cl)cc2F)CC1. The van der Waals surface area contributed by atoms with E-state index in [4.69, 9.17) is 11.6 Å². The summed E-state index contributed by atoms with van der Waals surface area (Å²) in [5, 5.41) is 2.81. The molecule has 1 N–H and O–H groups in total. The molecule has 0 unspecified atom stereocenters. The summed E-state index contributed by atoms with van der Waals surface area (Å²) < 4.78 is 13.6. The second kappa shape index (κ2) is 6.87. The van der Waals surface area contributed by atoms with Gasteiger partial charge in [-0.2, -0.15) is 0 Å². The fourth-order valence-electron chi connectivity index (χ4n) is 2.20. The van der Waals surface area contributed by atoms with Crippen LogP contribution in [-0.4, -0.2) is 54.3 Å². The van der Waals surface area contributed by atoms with Gasteiger partial charge in [0.2, 0.25) is 11.8 Å². The third kappa shape index (κ3) is 4.41. The molecule has 2 amide bonds. The van der Waals surface area contributed by atoms with E-state index in [1.807, 2.05) is 4.90 Å². The van der Waals surface area contributed by atoms with Gasteiger partial charge in [-0.15, -0.1) is 0 Å². The van der Waals surface area contributed by atoms with Gasteiger partial charge >= 0.3 is 0 Å². The summed E-state index contributed by atoms with van der Waals surface area (Å²) in [7, 11) is 0. The summed E-state index contributed by atoms with van der Waals surface area (Å²) in [6, 6.07) is 4.11. The van der Waals surface area contributed by atoms with Crippen molar-refractivity contribution in [2.75, 3.05) is 38.0 Å². The molecule has 1 heterocycles. The third-order valence-electron chi connectivity index (χ3n) is 3.39. The van der Waals surface area contributed by atoms with Crippen molar-refractivity contribution in [3.05, 3.63) is 29.0 Å². The van der Waals surface area contributed by atoms with E-state index < -0.39 is 5.82 Å². The Kier molecular flexibility index (Phi) is 5.14. The van der Waals surface area contributed by atoms with Crippen LogP contribution in [0.3, 0.4) is 0 Å². The van der Waals surface area contributed by atoms with Gasteiger partial charge in [0.1, 0.15) is 5.82 Å². The maximum atomic E-state index is 13.6. The number of anilines is 1. The molecule has 114 valence electrons. The lowest BCUT2D eigenvalue weighted by molar-refractivity contribution is -0.130. The zero-order chi connectivity index (χ0) is 15.4. The predicted molar refractivity (Wildman–Crippen MR) is 78.7 cm³/mol. The van der Waals surface area contributed by atoms with Gasteiger partial charge in [-0.25, -0.2) is 4.39 Å². The zero-order valence-electron chi connectivity index (χ0n) is 11.7. The lowest BCUT2D eigenvalue weighted by atomic mass is 10.3. The quantitative estimate of drug-likeness (QED) is 0.922. The molecule has 21 heavy (non-hydrogen) atoms. The molecule has 1 fully saturated rings. The lowest BCUT2D eigenvalue weighted by Crippen LogP contribution is -2.49. The summed E-state index contributed by atoms with van der Waals surface area (Å²) in [5.41, 5.74) is 0.117. The molecule has 1 saturated heterocycles. The molecule has 0 spiro atoms. The van der Waals surface area contributed by atoms with Crippen molar-refractivity contribution in [3.8, 4) is 0 Å². The number of amides is 2. The third-order valence-corrected chi connectivity index (χ3v) is 3.63. The van der Waals surface area contributed by atoms with Gasteiger partial charge in [-0.1, -0.05) is 11.6 Å². The number of piperazine rings is 1. The van der Waals surface area contributed by atoms with Crippen LogP contribution >= 0.6 is 11.6 Å². The van der Waals surface area contributed by atoms with Gasteiger partial charge in [0, 0.05) is 38.1 Å². The average Bonchev–Trinajstić information content (AvgIpc) is 2.42. The Morgan fingerprint density at radius 1 is 1.29 bits per heavy atom. The van der Waals surface area contributed by atoms with Crippen LogP contribution in [0.2, 0.25) is 5.02 Å². The van der Waals surface area contributed by atoms with Crippen LogP contribution in [0.4, 0.5) is 10.1 Å². The Balaban J connectivity index is 1.84. The highest BCUT2D eigenvalue weighted by Crippen LogP contribution is 2.18. The number of hydrogen-bond donors (Lipinski definition) is 1. The molecule has 0 bridgehead atoms. The average molecular weight is 314 g/mol. The molecule has 0 aromatic heterocycles. The van der Waals surface area contributed by atoms with E-state index in [-0.39, 0.29) is 29.1 Å². The van der Waals surface area contributed by atoms with E-state index in [2.05, 4.69) is 5.32 Å². The Morgan fingerprint density at radius 2 is 1.95 bits per heavy atom. The van der Waals surface area contributed by atoms with Crippen molar-refractivity contribution in [1.82, 2.24) is 9.80 Å². The highest BCUT2D eigenvalue weighted by Gasteiger charge is 2.20. The van der Waals surface area contributed by atoms with Gasteiger partial charge in [-0.3, -0.25) is 14.5 Å². The van der Waals surface area contributed by atoms with E-state index in [1.165, 1.54) is 19.1 Å². The number of carbonyl (C=O) groups excluding carboxylic acids is 2. The molecular formula is C14H17ClFN3O2. The normalized spacial score (nSPS) is 15.9. The first kappa shape index (κ1) is 15.7. The zero-order valence-corrected chi connectivity index (χ0v) is 12.5. The standard InChI is InChI=1S/C14H17ClFN3O2/c1-10(20)19-6-4-18(5-7-19)9-14(21)17-13-3-2-11(15)8-12(13)16/h2-3,8H,4-7,9H2,1H3,(H,17,21). The number of carbonyl (C=O) groups is 2. The van der Waals surface area contributed by atoms with E-state index in [1.54, 1.807) is 4.90 Å². The molecule has 1 aliphatic heterocycles. The molecule has 2 rings (SSSR count). The van der Waals surface area contributed by atoms with Crippen LogP contribution in [-0.2, 0) is 9.59 Å². The second-order valence-electron chi connectivity index (χ2n) is 4.95. The van der Waals surface area contributed by atoms with Crippen LogP contribution in [0.1, 0.15) is 6.92 Å². The highest BCUT2D eigenvalue weighted by atomic mass is 35.5. The monoisotopic (exact) mass is 313 g/mol. The van der Waals surface area contributed by atoms with Crippen molar-refractivity contribution < 1.29 is 14.0 Å². The fourth-order valence-corrected chi connectivity index (χ4v) is 2.36. The molecular weight excluding hydrogens is 297 g/mol. The van der Waals surface area contributed by atoms with Crippen molar-refractivity contribution >= 4 is 29.1 Å². The van der Waals surface area contributed by atoms with E-state index in [0.29, 0.717) is 26.2 Å². The number of nitrogens with zero attached hydrogens (tertiary/aromatic N) is 2. The second-order valence-corrected chi connectivity index (χ2v) is 5.39. The molecule has 0 aliphatic carbocycles. The Morgan fingerprint density at radius 3 is 2.52 bits per heavy atom. The number of hydrogen-bond acceptors (Lipinski definition) is 3. The first-order valence-corrected chi connectivity index (χ1v) is 7.06. The molecule has 0 saturated carbocycles. The minimum atomic E-state index is -0.558. The minimum Gasteiger partial charge on any atom is -0.340 e. The fraction of sp³-hybridized carbons (Fsp3) is 0.429. The summed E-state index contributed by atoms with van der Waals surface area (Å²) in [6.07, 6.45) is 0. The molecule has 5 nitrogen and oxygen atoms in total. The number of halogens is 2. The molecule has 1 aliphatic rings. The molecule has 1 aromatic rings. The number of rotatable bonds is 3. The van der Waals surface area contributed by atoms with Gasteiger partial charge < -0.3 is 10.2 Å². The Labute approximate surface area is 127 Å². The summed E-state index contributed by atoms with van der Waals surface area (Å²) >= 11 is 5.66. The summed E-state index contributed by atoms with van der Waals surface area (Å²) in [4.78, 5) is 26.8. The van der Waals surface area contributed by atoms with Crippen LogP contribution in [0.5, 0.6) is 0 Å². The van der Waals surface area contributed by atoms with Gasteiger partial charge in [0.05, 0.1) is 12.2 Å². The van der Waals surface area contributed by atoms with Crippen molar-refractivity contribution in [3.63, 3.8) is 0 Å². The van der Waals surface area contributed by atoms with Crippen LogP contribution in [0.25, 0.3) is 0 Å². The van der Waals surface area contributed by atoms with Gasteiger partial charge in [-0.05, 0) is 18.2 Å². The molecule has 0 radical (unpaired) electrons. The highest BCUT2D eigenvalue weighted by molar-refractivity contribution is 6.30. The summed E-state index contributed by atoms with van der Waals surface area (Å²) in [6.45, 7) is 4.20. The maximum absolute atomic E-state index is 13.6. The smallest absolute Gasteiger partial charge is 0.238 e. The molecule has 0 atom stereocenters. The van der Waals surface area contributed by atoms with Gasteiger partial charge in [0.15, 0.2) is 0 Å². The Bertz CT molecular complexity index is 545. The van der Waals surface area contributed by atoms with Crippen LogP contribution < -0.4 is 5.32 Å². The lowest BCUT2D eigenvalue weighted by Gasteiger charge is -2.33. The largest absolute Gasteiger partial charge is 0.340 e. The summed E-state index contributed by atoms with van der Waals surface area (Å²) in [5.74, 6) is -0.799. The first-order valence-electron chi connectivity index (χ1n) is 6.68. The van der Waals surface area contributed by atoms with E-state index in [9.17, 15) is 14.0 Å². The number of nitrogens with one attached hydrogen (secondary N) is 1. The van der Waals surface area contributed by atoms with Gasteiger partial charge in [0.25, 0.3) is 0 Å². The number of benzene rings is 1. The van der Waals surface area contributed by atoms with E-state index >= 15 is 0 Å². The minimum absolute atomic E-state index is 0.0438. The maximum Gasteiger partial charge on any atom is 0.238 e. The van der Waals surface area contributed by atoms with Crippen molar-refractivity contribution in [1.29, 1.82) is 0 Å². The van der Waals surface area contributed by atoms with Crippen LogP contribution in [0.15, 0.2) is 18.2 Å². The van der Waals surface area contributed by atoms with Crippen molar-refractivity contribution in [2.45, 2.75) is 6.92 Å². The Hall–Kier alpha value is -1.66. The van der Waals surface area contributed by atoms with Crippen molar-refractivity contribution in [2.24, 2.45) is 0 Å². The van der Waals surface area contributed by atoms with Crippen LogP contribution in [0, 0.1) is 5.82 Å². The molecule has 7 heteroatoms. The topological polar surface area (TPSA) is 52.7 Å².